The molecule has 0 fully saturated rings. The van der Waals surface area contributed by atoms with Crippen LogP contribution in [0, 0.1) is 0 Å². The zero-order chi connectivity index (χ0) is 15.1. The Morgan fingerprint density at radius 1 is 1.38 bits per heavy atom. The molecule has 21 heavy (non-hydrogen) atoms. The van der Waals surface area contributed by atoms with Crippen LogP contribution in [0.25, 0.3) is 0 Å². The van der Waals surface area contributed by atoms with Gasteiger partial charge in [-0.3, -0.25) is 0 Å². The molecular weight excluding hydrogens is 288 g/mol. The number of imidazole rings is 1. The first-order valence-corrected chi connectivity index (χ1v) is 6.84. The fourth-order valence-corrected chi connectivity index (χ4v) is 2.02. The minimum atomic E-state index is -0.964. The minimum Gasteiger partial charge on any atom is -0.480 e. The van der Waals surface area contributed by atoms with Crippen LogP contribution in [0.5, 0.6) is 0 Å². The molecule has 0 spiro atoms. The Kier molecular flexibility index (Phi) is 5.28. The van der Waals surface area contributed by atoms with Gasteiger partial charge in [0.2, 0.25) is 0 Å². The Labute approximate surface area is 127 Å². The van der Waals surface area contributed by atoms with Crippen LogP contribution in [-0.2, 0) is 17.8 Å². The fourth-order valence-electron chi connectivity index (χ4n) is 1.80. The largest absolute Gasteiger partial charge is 0.480 e. The maximum Gasteiger partial charge on any atom is 0.326 e. The second kappa shape index (κ2) is 7.39. The number of carboxylic acid groups (broad SMARTS) is 1. The molecule has 0 bridgehead atoms. The standard InChI is InChI=1S/C14H16N4O2S/c19-13(20)12(6-11-8-15-9-17-11)18-14(21)16-7-10-4-2-1-3-5-10/h1-5,8-9,12H,6-7H2,(H,15,17)(H,19,20)(H2,16,18,21)/t12-/m1/s1. The highest BCUT2D eigenvalue weighted by molar-refractivity contribution is 7.80. The third-order valence-electron chi connectivity index (χ3n) is 2.88. The van der Waals surface area contributed by atoms with E-state index in [1.807, 2.05) is 30.3 Å². The van der Waals surface area contributed by atoms with Crippen molar-refractivity contribution >= 4 is 23.3 Å². The number of carbonyl (C=O) groups is 1. The van der Waals surface area contributed by atoms with Crippen LogP contribution in [0.15, 0.2) is 42.9 Å². The zero-order valence-corrected chi connectivity index (χ0v) is 12.1. The van der Waals surface area contributed by atoms with Gasteiger partial charge in [-0.25, -0.2) is 9.78 Å². The topological polar surface area (TPSA) is 90.0 Å². The SMILES string of the molecule is O=C(O)[C@@H](Cc1cnc[nH]1)NC(=S)NCc1ccccc1. The normalized spacial score (nSPS) is 11.6. The molecule has 2 rings (SSSR count). The van der Waals surface area contributed by atoms with E-state index in [2.05, 4.69) is 20.6 Å². The van der Waals surface area contributed by atoms with Gasteiger partial charge in [0.1, 0.15) is 6.04 Å². The number of thiocarbonyl (C=S) groups is 1. The number of nitrogens with zero attached hydrogens (tertiary/aromatic N) is 1. The Morgan fingerprint density at radius 3 is 2.76 bits per heavy atom. The van der Waals surface area contributed by atoms with Crippen molar-refractivity contribution < 1.29 is 9.90 Å². The summed E-state index contributed by atoms with van der Waals surface area (Å²) in [5.74, 6) is -0.964. The van der Waals surface area contributed by atoms with Crippen molar-refractivity contribution in [2.75, 3.05) is 0 Å². The molecule has 0 radical (unpaired) electrons. The molecule has 0 amide bonds. The van der Waals surface area contributed by atoms with Crippen LogP contribution in [0.4, 0.5) is 0 Å². The van der Waals surface area contributed by atoms with Gasteiger partial charge in [-0.1, -0.05) is 30.3 Å². The van der Waals surface area contributed by atoms with Crippen molar-refractivity contribution in [2.45, 2.75) is 19.0 Å². The lowest BCUT2D eigenvalue weighted by molar-refractivity contribution is -0.139. The van der Waals surface area contributed by atoms with Crippen molar-refractivity contribution in [3.63, 3.8) is 0 Å². The van der Waals surface area contributed by atoms with Gasteiger partial charge in [0.25, 0.3) is 0 Å². The molecule has 0 aliphatic rings. The van der Waals surface area contributed by atoms with Crippen molar-refractivity contribution in [3.8, 4) is 0 Å². The highest BCUT2D eigenvalue weighted by Crippen LogP contribution is 2.00. The van der Waals surface area contributed by atoms with Crippen molar-refractivity contribution in [2.24, 2.45) is 0 Å². The van der Waals surface area contributed by atoms with Gasteiger partial charge < -0.3 is 20.7 Å². The molecule has 1 heterocycles. The molecule has 7 heteroatoms. The number of aromatic nitrogens is 2. The lowest BCUT2D eigenvalue weighted by Gasteiger charge is -2.16. The summed E-state index contributed by atoms with van der Waals surface area (Å²) >= 11 is 5.13. The van der Waals surface area contributed by atoms with Crippen LogP contribution in [0.3, 0.4) is 0 Å². The van der Waals surface area contributed by atoms with Gasteiger partial charge in [-0.05, 0) is 17.8 Å². The molecule has 0 aliphatic heterocycles. The molecule has 110 valence electrons. The smallest absolute Gasteiger partial charge is 0.326 e. The van der Waals surface area contributed by atoms with Crippen LogP contribution in [0.2, 0.25) is 0 Å². The molecule has 1 aromatic carbocycles. The number of H-pyrrole nitrogens is 1. The first kappa shape index (κ1) is 15.0. The molecule has 0 saturated carbocycles. The lowest BCUT2D eigenvalue weighted by Crippen LogP contribution is -2.46. The number of rotatable bonds is 6. The summed E-state index contributed by atoms with van der Waals surface area (Å²) in [6.07, 6.45) is 3.39. The molecule has 0 aliphatic carbocycles. The van der Waals surface area contributed by atoms with Gasteiger partial charge in [0.15, 0.2) is 5.11 Å². The molecule has 6 nitrogen and oxygen atoms in total. The third-order valence-corrected chi connectivity index (χ3v) is 3.14. The second-order valence-electron chi connectivity index (χ2n) is 4.48. The van der Waals surface area contributed by atoms with E-state index in [1.54, 1.807) is 6.20 Å². The van der Waals surface area contributed by atoms with E-state index in [9.17, 15) is 9.90 Å². The average Bonchev–Trinajstić information content (AvgIpc) is 2.98. The summed E-state index contributed by atoms with van der Waals surface area (Å²) in [5, 5.41) is 15.3. The number of nitrogens with one attached hydrogen (secondary N) is 3. The minimum absolute atomic E-state index is 0.280. The third kappa shape index (κ3) is 4.88. The molecule has 1 aromatic heterocycles. The monoisotopic (exact) mass is 304 g/mol. The molecule has 1 atom stereocenters. The maximum absolute atomic E-state index is 11.3. The molecule has 0 saturated heterocycles. The Bertz CT molecular complexity index is 586. The van der Waals surface area contributed by atoms with Gasteiger partial charge in [-0.15, -0.1) is 0 Å². The van der Waals surface area contributed by atoms with Crippen LogP contribution in [-0.4, -0.2) is 32.2 Å². The zero-order valence-electron chi connectivity index (χ0n) is 11.2. The van der Waals surface area contributed by atoms with E-state index >= 15 is 0 Å². The van der Waals surface area contributed by atoms with Gasteiger partial charge in [0, 0.05) is 24.9 Å². The summed E-state index contributed by atoms with van der Waals surface area (Å²) in [6, 6.07) is 8.94. The van der Waals surface area contributed by atoms with Crippen LogP contribution >= 0.6 is 12.2 Å². The molecule has 4 N–H and O–H groups in total. The number of carboxylic acids is 1. The number of aromatic amines is 1. The van der Waals surface area contributed by atoms with Crippen molar-refractivity contribution in [3.05, 3.63) is 54.1 Å². The molecular formula is C14H16N4O2S. The first-order valence-electron chi connectivity index (χ1n) is 6.43. The van der Waals surface area contributed by atoms with E-state index in [-0.39, 0.29) is 6.42 Å². The first-order chi connectivity index (χ1) is 10.1. The van der Waals surface area contributed by atoms with E-state index in [4.69, 9.17) is 12.2 Å². The summed E-state index contributed by atoms with van der Waals surface area (Å²) in [5.41, 5.74) is 1.81. The van der Waals surface area contributed by atoms with Gasteiger partial charge in [-0.2, -0.15) is 0 Å². The summed E-state index contributed by atoms with van der Waals surface area (Å²) in [6.45, 7) is 0.545. The number of hydrogen-bond acceptors (Lipinski definition) is 3. The maximum atomic E-state index is 11.3. The molecule has 0 unspecified atom stereocenters. The average molecular weight is 304 g/mol. The van der Waals surface area contributed by atoms with Crippen LogP contribution < -0.4 is 10.6 Å². The van der Waals surface area contributed by atoms with E-state index in [1.165, 1.54) is 6.33 Å². The predicted molar refractivity (Wildman–Crippen MR) is 82.7 cm³/mol. The highest BCUT2D eigenvalue weighted by Gasteiger charge is 2.19. The predicted octanol–water partition coefficient (Wildman–Crippen LogP) is 1.07. The summed E-state index contributed by atoms with van der Waals surface area (Å²) in [7, 11) is 0. The summed E-state index contributed by atoms with van der Waals surface area (Å²) in [4.78, 5) is 18.0. The molecule has 2 aromatic rings. The van der Waals surface area contributed by atoms with Gasteiger partial charge in [0.05, 0.1) is 6.33 Å². The van der Waals surface area contributed by atoms with E-state index in [0.717, 1.165) is 11.3 Å². The van der Waals surface area contributed by atoms with E-state index < -0.39 is 12.0 Å². The van der Waals surface area contributed by atoms with Crippen molar-refractivity contribution in [1.82, 2.24) is 20.6 Å². The number of hydrogen-bond donors (Lipinski definition) is 4. The fraction of sp³-hybridized carbons (Fsp3) is 0.214. The van der Waals surface area contributed by atoms with Crippen LogP contribution in [0.1, 0.15) is 11.3 Å². The van der Waals surface area contributed by atoms with E-state index in [0.29, 0.717) is 11.7 Å². The Balaban J connectivity index is 1.85. The summed E-state index contributed by atoms with van der Waals surface area (Å²) < 4.78 is 0. The van der Waals surface area contributed by atoms with Crippen molar-refractivity contribution in [1.29, 1.82) is 0 Å². The highest BCUT2D eigenvalue weighted by atomic mass is 32.1. The Morgan fingerprint density at radius 2 is 2.14 bits per heavy atom. The number of aliphatic carboxylic acids is 1. The van der Waals surface area contributed by atoms with Gasteiger partial charge >= 0.3 is 5.97 Å². The number of benzene rings is 1. The Hall–Kier alpha value is -2.41. The quantitative estimate of drug-likeness (QED) is 0.597. The second-order valence-corrected chi connectivity index (χ2v) is 4.89. The lowest BCUT2D eigenvalue weighted by atomic mass is 10.2.